The van der Waals surface area contributed by atoms with Gasteiger partial charge in [0.05, 0.1) is 4.92 Å². The van der Waals surface area contributed by atoms with Crippen LogP contribution in [0.5, 0.6) is 0 Å². The molecule has 0 spiro atoms. The third-order valence-electron chi connectivity index (χ3n) is 3.56. The van der Waals surface area contributed by atoms with E-state index in [0.717, 1.165) is 18.9 Å². The Labute approximate surface area is 138 Å². The average molecular weight is 340 g/mol. The minimum Gasteiger partial charge on any atom is -0.352 e. The van der Waals surface area contributed by atoms with Gasteiger partial charge in [-0.1, -0.05) is 25.4 Å². The Morgan fingerprint density at radius 1 is 1.35 bits per heavy atom. The highest BCUT2D eigenvalue weighted by atomic mass is 35.5. The molecule has 1 atom stereocenters. The molecule has 7 nitrogen and oxygen atoms in total. The normalized spacial score (nSPS) is 15.1. The molecule has 1 aliphatic rings. The van der Waals surface area contributed by atoms with E-state index in [4.69, 9.17) is 11.6 Å². The zero-order valence-corrected chi connectivity index (χ0v) is 13.6. The quantitative estimate of drug-likeness (QED) is 0.613. The maximum absolute atomic E-state index is 12.3. The second-order valence-electron chi connectivity index (χ2n) is 5.90. The smallest absolute Gasteiger partial charge is 0.288 e. The van der Waals surface area contributed by atoms with Gasteiger partial charge in [0.1, 0.15) is 11.1 Å². The van der Waals surface area contributed by atoms with Gasteiger partial charge in [0.15, 0.2) is 0 Å². The van der Waals surface area contributed by atoms with Crippen molar-refractivity contribution < 1.29 is 14.5 Å². The van der Waals surface area contributed by atoms with Crippen LogP contribution < -0.4 is 10.6 Å². The van der Waals surface area contributed by atoms with Gasteiger partial charge in [-0.2, -0.15) is 0 Å². The molecule has 2 amide bonds. The highest BCUT2D eigenvalue weighted by Gasteiger charge is 2.30. The third-order valence-corrected chi connectivity index (χ3v) is 3.88. The number of hydrogen-bond donors (Lipinski definition) is 2. The topological polar surface area (TPSA) is 101 Å². The van der Waals surface area contributed by atoms with Crippen molar-refractivity contribution >= 4 is 29.1 Å². The summed E-state index contributed by atoms with van der Waals surface area (Å²) in [7, 11) is 0. The Bertz CT molecular complexity index is 644. The maximum Gasteiger partial charge on any atom is 0.288 e. The third kappa shape index (κ3) is 4.41. The molecule has 0 radical (unpaired) electrons. The predicted molar refractivity (Wildman–Crippen MR) is 85.4 cm³/mol. The van der Waals surface area contributed by atoms with Crippen molar-refractivity contribution in [1.29, 1.82) is 0 Å². The number of rotatable bonds is 6. The number of benzene rings is 1. The zero-order chi connectivity index (χ0) is 17.1. The molecule has 0 saturated heterocycles. The molecule has 0 aliphatic heterocycles. The fraction of sp³-hybridized carbons (Fsp3) is 0.467. The molecule has 1 saturated carbocycles. The van der Waals surface area contributed by atoms with Crippen LogP contribution in [0.1, 0.15) is 37.0 Å². The summed E-state index contributed by atoms with van der Waals surface area (Å²) in [6.45, 7) is 3.64. The molecule has 1 fully saturated rings. The second-order valence-corrected chi connectivity index (χ2v) is 6.31. The van der Waals surface area contributed by atoms with Crippen molar-refractivity contribution in [2.75, 3.05) is 0 Å². The first kappa shape index (κ1) is 17.2. The largest absolute Gasteiger partial charge is 0.352 e. The van der Waals surface area contributed by atoms with Crippen LogP contribution >= 0.6 is 11.6 Å². The van der Waals surface area contributed by atoms with Crippen molar-refractivity contribution in [3.63, 3.8) is 0 Å². The first-order valence-corrected chi connectivity index (χ1v) is 7.72. The lowest BCUT2D eigenvalue weighted by Crippen LogP contribution is -2.50. The first-order chi connectivity index (χ1) is 10.8. The molecule has 124 valence electrons. The fourth-order valence-corrected chi connectivity index (χ4v) is 2.26. The summed E-state index contributed by atoms with van der Waals surface area (Å²) in [6, 6.07) is 3.29. The second kappa shape index (κ2) is 6.95. The number of hydrogen-bond acceptors (Lipinski definition) is 4. The van der Waals surface area contributed by atoms with E-state index in [0.29, 0.717) is 0 Å². The van der Waals surface area contributed by atoms with Crippen LogP contribution in [0.4, 0.5) is 5.69 Å². The number of nitro benzene ring substituents is 1. The molecule has 8 heteroatoms. The van der Waals surface area contributed by atoms with Gasteiger partial charge in [-0.25, -0.2) is 0 Å². The summed E-state index contributed by atoms with van der Waals surface area (Å²) in [5, 5.41) is 16.3. The molecule has 0 bridgehead atoms. The van der Waals surface area contributed by atoms with Crippen molar-refractivity contribution in [2.45, 2.75) is 38.8 Å². The van der Waals surface area contributed by atoms with Gasteiger partial charge in [0.2, 0.25) is 5.91 Å². The number of halogens is 1. The van der Waals surface area contributed by atoms with E-state index in [9.17, 15) is 19.7 Å². The summed E-state index contributed by atoms with van der Waals surface area (Å²) in [6.07, 6.45) is 1.90. The van der Waals surface area contributed by atoms with Crippen LogP contribution in [0.2, 0.25) is 5.02 Å². The van der Waals surface area contributed by atoms with E-state index >= 15 is 0 Å². The molecule has 0 aromatic heterocycles. The van der Waals surface area contributed by atoms with Gasteiger partial charge in [0.25, 0.3) is 11.6 Å². The standard InChI is InChI=1S/C15H18ClN3O4/c1-8(2)13(15(21)17-10-4-5-10)18-14(20)9-3-6-11(16)12(7-9)19(22)23/h3,6-8,10,13H,4-5H2,1-2H3,(H,17,21)(H,18,20)/t13-/m0/s1. The van der Waals surface area contributed by atoms with Crippen LogP contribution in [0.15, 0.2) is 18.2 Å². The van der Waals surface area contributed by atoms with Crippen LogP contribution in [0.3, 0.4) is 0 Å². The highest BCUT2D eigenvalue weighted by molar-refractivity contribution is 6.32. The average Bonchev–Trinajstić information content (AvgIpc) is 3.28. The fourth-order valence-electron chi connectivity index (χ4n) is 2.07. The number of nitrogens with one attached hydrogen (secondary N) is 2. The predicted octanol–water partition coefficient (Wildman–Crippen LogP) is 2.28. The molecule has 2 N–H and O–H groups in total. The molecular formula is C15H18ClN3O4. The molecular weight excluding hydrogens is 322 g/mol. The van der Waals surface area contributed by atoms with Gasteiger partial charge in [-0.15, -0.1) is 0 Å². The molecule has 0 heterocycles. The Hall–Kier alpha value is -2.15. The lowest BCUT2D eigenvalue weighted by molar-refractivity contribution is -0.384. The van der Waals surface area contributed by atoms with E-state index < -0.39 is 16.9 Å². The molecule has 1 aromatic carbocycles. The number of nitro groups is 1. The number of nitrogens with zero attached hydrogens (tertiary/aromatic N) is 1. The monoisotopic (exact) mass is 339 g/mol. The number of amides is 2. The Kier molecular flexibility index (Phi) is 5.20. The van der Waals surface area contributed by atoms with E-state index in [1.165, 1.54) is 12.1 Å². The maximum atomic E-state index is 12.3. The molecule has 1 aliphatic carbocycles. The van der Waals surface area contributed by atoms with E-state index in [2.05, 4.69) is 10.6 Å². The summed E-state index contributed by atoms with van der Waals surface area (Å²) < 4.78 is 0. The van der Waals surface area contributed by atoms with Gasteiger partial charge < -0.3 is 10.6 Å². The lowest BCUT2D eigenvalue weighted by atomic mass is 10.0. The molecule has 0 unspecified atom stereocenters. The molecule has 2 rings (SSSR count). The molecule has 1 aromatic rings. The van der Waals surface area contributed by atoms with Crippen molar-refractivity contribution in [3.05, 3.63) is 38.9 Å². The van der Waals surface area contributed by atoms with Crippen LogP contribution in [0.25, 0.3) is 0 Å². The van der Waals surface area contributed by atoms with Gasteiger partial charge in [0, 0.05) is 17.7 Å². The van der Waals surface area contributed by atoms with Crippen molar-refractivity contribution in [1.82, 2.24) is 10.6 Å². The summed E-state index contributed by atoms with van der Waals surface area (Å²) in [5.41, 5.74) is -0.256. The zero-order valence-electron chi connectivity index (χ0n) is 12.8. The Morgan fingerprint density at radius 2 is 2.00 bits per heavy atom. The summed E-state index contributed by atoms with van der Waals surface area (Å²) in [4.78, 5) is 34.7. The van der Waals surface area contributed by atoms with Crippen molar-refractivity contribution in [3.8, 4) is 0 Å². The van der Waals surface area contributed by atoms with Crippen LogP contribution in [-0.4, -0.2) is 28.8 Å². The van der Waals surface area contributed by atoms with Crippen LogP contribution in [-0.2, 0) is 4.79 Å². The summed E-state index contributed by atoms with van der Waals surface area (Å²) >= 11 is 5.73. The van der Waals surface area contributed by atoms with Gasteiger partial charge >= 0.3 is 0 Å². The highest BCUT2D eigenvalue weighted by Crippen LogP contribution is 2.25. The van der Waals surface area contributed by atoms with Gasteiger partial charge in [-0.3, -0.25) is 19.7 Å². The Balaban J connectivity index is 2.13. The SMILES string of the molecule is CC(C)[C@H](NC(=O)c1ccc(Cl)c([N+](=O)[O-])c1)C(=O)NC1CC1. The van der Waals surface area contributed by atoms with Crippen LogP contribution in [0, 0.1) is 16.0 Å². The number of carbonyl (C=O) groups is 2. The van der Waals surface area contributed by atoms with Gasteiger partial charge in [-0.05, 0) is 30.9 Å². The first-order valence-electron chi connectivity index (χ1n) is 7.34. The lowest BCUT2D eigenvalue weighted by Gasteiger charge is -2.21. The summed E-state index contributed by atoms with van der Waals surface area (Å²) in [5.74, 6) is -0.895. The molecule has 23 heavy (non-hydrogen) atoms. The number of carbonyl (C=O) groups excluding carboxylic acids is 2. The van der Waals surface area contributed by atoms with Crippen molar-refractivity contribution in [2.24, 2.45) is 5.92 Å². The van der Waals surface area contributed by atoms with E-state index in [-0.39, 0.29) is 34.1 Å². The Morgan fingerprint density at radius 3 is 2.52 bits per heavy atom. The minimum atomic E-state index is -0.696. The van der Waals surface area contributed by atoms with E-state index in [1.54, 1.807) is 0 Å². The minimum absolute atomic E-state index is 0.0431. The van der Waals surface area contributed by atoms with E-state index in [1.807, 2.05) is 13.8 Å².